The van der Waals surface area contributed by atoms with Gasteiger partial charge in [-0.15, -0.1) is 11.3 Å². The van der Waals surface area contributed by atoms with Gasteiger partial charge in [0.1, 0.15) is 10.7 Å². The number of carbonyl (C=O) groups is 1. The maximum Gasteiger partial charge on any atom is 0.311 e. The van der Waals surface area contributed by atoms with Crippen LogP contribution in [0.15, 0.2) is 4.79 Å². The molecule has 0 saturated carbocycles. The molecule has 7 nitrogen and oxygen atoms in total. The Bertz CT molecular complexity index is 810. The SMILES string of the molecule is COCCc1nc2sc3c(c2c(=O)n1CCO)C(C(=O)O)CC3. The molecule has 1 atom stereocenters. The number of aromatic nitrogens is 2. The minimum atomic E-state index is -0.903. The zero-order valence-electron chi connectivity index (χ0n) is 12.7. The molecule has 0 bridgehead atoms. The summed E-state index contributed by atoms with van der Waals surface area (Å²) in [5, 5.41) is 19.0. The molecule has 1 aliphatic rings. The third-order valence-electron chi connectivity index (χ3n) is 4.16. The molecule has 1 unspecified atom stereocenters. The predicted molar refractivity (Wildman–Crippen MR) is 85.2 cm³/mol. The number of hydrogen-bond donors (Lipinski definition) is 2. The molecule has 0 aliphatic heterocycles. The predicted octanol–water partition coefficient (Wildman–Crippen LogP) is 0.754. The Morgan fingerprint density at radius 3 is 2.96 bits per heavy atom. The highest BCUT2D eigenvalue weighted by atomic mass is 32.1. The van der Waals surface area contributed by atoms with Gasteiger partial charge < -0.3 is 14.9 Å². The summed E-state index contributed by atoms with van der Waals surface area (Å²) < 4.78 is 6.48. The largest absolute Gasteiger partial charge is 0.481 e. The van der Waals surface area contributed by atoms with Crippen molar-refractivity contribution < 1.29 is 19.7 Å². The van der Waals surface area contributed by atoms with E-state index in [0.29, 0.717) is 47.5 Å². The molecule has 124 valence electrons. The third kappa shape index (κ3) is 2.66. The van der Waals surface area contributed by atoms with Crippen molar-refractivity contribution in [2.75, 3.05) is 20.3 Å². The lowest BCUT2D eigenvalue weighted by atomic mass is 10.0. The number of rotatable bonds is 6. The smallest absolute Gasteiger partial charge is 0.311 e. The summed E-state index contributed by atoms with van der Waals surface area (Å²) >= 11 is 1.41. The van der Waals surface area contributed by atoms with Gasteiger partial charge in [0.2, 0.25) is 0 Å². The van der Waals surface area contributed by atoms with E-state index in [1.54, 1.807) is 7.11 Å². The van der Waals surface area contributed by atoms with Crippen LogP contribution < -0.4 is 5.56 Å². The van der Waals surface area contributed by atoms with Gasteiger partial charge in [-0.05, 0) is 18.4 Å². The molecule has 0 amide bonds. The van der Waals surface area contributed by atoms with Gasteiger partial charge in [-0.1, -0.05) is 0 Å². The van der Waals surface area contributed by atoms with Crippen LogP contribution in [0.4, 0.5) is 0 Å². The Balaban J connectivity index is 2.22. The van der Waals surface area contributed by atoms with Crippen molar-refractivity contribution in [3.8, 4) is 0 Å². The standard InChI is InChI=1S/C15H18N2O5S/c1-22-7-4-10-16-13-12(14(19)17(10)5-6-18)11-8(15(20)21)2-3-9(11)23-13/h8,18H,2-7H2,1H3,(H,20,21). The van der Waals surface area contributed by atoms with Crippen LogP contribution in [0.1, 0.15) is 28.6 Å². The van der Waals surface area contributed by atoms with E-state index < -0.39 is 11.9 Å². The first-order chi connectivity index (χ1) is 11.1. The number of hydrogen-bond acceptors (Lipinski definition) is 6. The van der Waals surface area contributed by atoms with E-state index >= 15 is 0 Å². The normalized spacial score (nSPS) is 16.9. The number of ether oxygens (including phenoxy) is 1. The van der Waals surface area contributed by atoms with Crippen molar-refractivity contribution in [3.05, 3.63) is 26.6 Å². The first kappa shape index (κ1) is 16.1. The Labute approximate surface area is 136 Å². The fourth-order valence-electron chi connectivity index (χ4n) is 3.13. The lowest BCUT2D eigenvalue weighted by molar-refractivity contribution is -0.138. The molecule has 1 aliphatic carbocycles. The van der Waals surface area contributed by atoms with Gasteiger partial charge in [0, 0.05) is 18.4 Å². The molecule has 2 aromatic rings. The number of thiophene rings is 1. The van der Waals surface area contributed by atoms with Crippen LogP contribution >= 0.6 is 11.3 Å². The van der Waals surface area contributed by atoms with Crippen molar-refractivity contribution >= 4 is 27.5 Å². The molecule has 8 heteroatoms. The highest BCUT2D eigenvalue weighted by Gasteiger charge is 2.34. The van der Waals surface area contributed by atoms with Gasteiger partial charge in [0.25, 0.3) is 5.56 Å². The number of carboxylic acid groups (broad SMARTS) is 1. The number of aliphatic hydroxyl groups excluding tert-OH is 1. The molecule has 0 spiro atoms. The van der Waals surface area contributed by atoms with Gasteiger partial charge in [-0.3, -0.25) is 14.2 Å². The molecular formula is C15H18N2O5S. The summed E-state index contributed by atoms with van der Waals surface area (Å²) in [6, 6.07) is 0. The van der Waals surface area contributed by atoms with Crippen LogP contribution in [-0.4, -0.2) is 46.1 Å². The summed E-state index contributed by atoms with van der Waals surface area (Å²) in [4.78, 5) is 30.4. The third-order valence-corrected chi connectivity index (χ3v) is 5.32. The van der Waals surface area contributed by atoms with Gasteiger partial charge in [0.15, 0.2) is 0 Å². The van der Waals surface area contributed by atoms with E-state index in [2.05, 4.69) is 4.98 Å². The summed E-state index contributed by atoms with van der Waals surface area (Å²) in [7, 11) is 1.57. The minimum Gasteiger partial charge on any atom is -0.481 e. The summed E-state index contributed by atoms with van der Waals surface area (Å²) in [6.45, 7) is 0.386. The summed E-state index contributed by atoms with van der Waals surface area (Å²) in [5.41, 5.74) is 0.362. The number of fused-ring (bicyclic) bond motifs is 3. The van der Waals surface area contributed by atoms with E-state index in [1.807, 2.05) is 0 Å². The van der Waals surface area contributed by atoms with Crippen LogP contribution in [0.25, 0.3) is 10.2 Å². The number of aliphatic hydroxyl groups is 1. The molecule has 0 saturated heterocycles. The van der Waals surface area contributed by atoms with Gasteiger partial charge in [-0.2, -0.15) is 0 Å². The van der Waals surface area contributed by atoms with Crippen molar-refractivity contribution in [2.45, 2.75) is 31.7 Å². The monoisotopic (exact) mass is 338 g/mol. The van der Waals surface area contributed by atoms with Crippen molar-refractivity contribution in [2.24, 2.45) is 0 Å². The molecule has 0 radical (unpaired) electrons. The van der Waals surface area contributed by atoms with Crippen LogP contribution in [0.2, 0.25) is 0 Å². The number of methoxy groups -OCH3 is 1. The van der Waals surface area contributed by atoms with E-state index in [1.165, 1.54) is 15.9 Å². The molecular weight excluding hydrogens is 320 g/mol. The van der Waals surface area contributed by atoms with Crippen LogP contribution in [0.5, 0.6) is 0 Å². The molecule has 3 rings (SSSR count). The van der Waals surface area contributed by atoms with Crippen molar-refractivity contribution in [1.82, 2.24) is 9.55 Å². The number of aryl methyl sites for hydroxylation is 1. The molecule has 23 heavy (non-hydrogen) atoms. The van der Waals surface area contributed by atoms with Crippen molar-refractivity contribution in [1.29, 1.82) is 0 Å². The average molecular weight is 338 g/mol. The average Bonchev–Trinajstić information content (AvgIpc) is 3.06. The number of aliphatic carboxylic acids is 1. The van der Waals surface area contributed by atoms with Gasteiger partial charge in [-0.25, -0.2) is 4.98 Å². The van der Waals surface area contributed by atoms with E-state index in [4.69, 9.17) is 4.74 Å². The van der Waals surface area contributed by atoms with E-state index in [-0.39, 0.29) is 18.7 Å². The number of nitrogens with zero attached hydrogens (tertiary/aromatic N) is 2. The Morgan fingerprint density at radius 1 is 1.52 bits per heavy atom. The second-order valence-corrected chi connectivity index (χ2v) is 6.58. The molecule has 0 aromatic carbocycles. The van der Waals surface area contributed by atoms with Crippen LogP contribution in [0.3, 0.4) is 0 Å². The fraction of sp³-hybridized carbons (Fsp3) is 0.533. The first-order valence-corrected chi connectivity index (χ1v) is 8.27. The minimum absolute atomic E-state index is 0.142. The van der Waals surface area contributed by atoms with Gasteiger partial charge >= 0.3 is 5.97 Å². The summed E-state index contributed by atoms with van der Waals surface area (Å²) in [5.74, 6) is -0.981. The highest BCUT2D eigenvalue weighted by molar-refractivity contribution is 7.18. The second-order valence-electron chi connectivity index (χ2n) is 5.50. The Morgan fingerprint density at radius 2 is 2.30 bits per heavy atom. The zero-order chi connectivity index (χ0) is 16.6. The van der Waals surface area contributed by atoms with Crippen LogP contribution in [-0.2, 0) is 28.9 Å². The maximum absolute atomic E-state index is 12.9. The van der Waals surface area contributed by atoms with E-state index in [9.17, 15) is 19.8 Å². The second kappa shape index (κ2) is 6.38. The molecule has 2 heterocycles. The topological polar surface area (TPSA) is 102 Å². The maximum atomic E-state index is 12.9. The molecule has 0 fully saturated rings. The Hall–Kier alpha value is -1.77. The molecule has 2 aromatic heterocycles. The van der Waals surface area contributed by atoms with Gasteiger partial charge in [0.05, 0.1) is 31.1 Å². The Kier molecular flexibility index (Phi) is 4.47. The molecule has 2 N–H and O–H groups in total. The quantitative estimate of drug-likeness (QED) is 0.806. The summed E-state index contributed by atoms with van der Waals surface area (Å²) in [6.07, 6.45) is 1.66. The lowest BCUT2D eigenvalue weighted by Crippen LogP contribution is -2.28. The highest BCUT2D eigenvalue weighted by Crippen LogP contribution is 2.42. The first-order valence-electron chi connectivity index (χ1n) is 7.46. The van der Waals surface area contributed by atoms with E-state index in [0.717, 1.165) is 4.88 Å². The van der Waals surface area contributed by atoms with Crippen molar-refractivity contribution in [3.63, 3.8) is 0 Å². The number of carboxylic acids is 1. The zero-order valence-corrected chi connectivity index (χ0v) is 13.6. The fourth-order valence-corrected chi connectivity index (χ4v) is 4.39. The van der Waals surface area contributed by atoms with Crippen LogP contribution in [0, 0.1) is 0 Å². The lowest BCUT2D eigenvalue weighted by Gasteiger charge is -2.12.